The highest BCUT2D eigenvalue weighted by atomic mass is 15.0. The van der Waals surface area contributed by atoms with Crippen LogP contribution in [-0.4, -0.2) is 15.0 Å². The van der Waals surface area contributed by atoms with Crippen molar-refractivity contribution in [2.75, 3.05) is 0 Å². The summed E-state index contributed by atoms with van der Waals surface area (Å²) in [4.78, 5) is 15.1. The molecule has 4 heteroatoms. The topological polar surface area (TPSA) is 62.5 Å². The highest BCUT2D eigenvalue weighted by Gasteiger charge is 2.45. The molecule has 5 aromatic carbocycles. The third-order valence-corrected chi connectivity index (χ3v) is 10.8. The van der Waals surface area contributed by atoms with E-state index in [-0.39, 0.29) is 0 Å². The van der Waals surface area contributed by atoms with Crippen LogP contribution in [0.3, 0.4) is 0 Å². The molecule has 2 bridgehead atoms. The van der Waals surface area contributed by atoms with E-state index in [9.17, 15) is 5.26 Å². The van der Waals surface area contributed by atoms with Crippen molar-refractivity contribution < 1.29 is 0 Å². The minimum absolute atomic E-state index is 0.290. The first-order valence-electron chi connectivity index (χ1n) is 17.6. The number of benzene rings is 5. The predicted molar refractivity (Wildman–Crippen MR) is 198 cm³/mol. The lowest BCUT2D eigenvalue weighted by Gasteiger charge is -2.50. The molecule has 1 heterocycles. The summed E-state index contributed by atoms with van der Waals surface area (Å²) in [5.74, 6) is 4.42. The van der Waals surface area contributed by atoms with Crippen molar-refractivity contribution in [3.8, 4) is 62.5 Å². The molecular weight excluding hydrogens is 597 g/mol. The molecule has 2 aliphatic carbocycles. The molecule has 2 fully saturated rings. The van der Waals surface area contributed by atoms with Crippen molar-refractivity contribution >= 4 is 0 Å². The van der Waals surface area contributed by atoms with E-state index >= 15 is 0 Å². The van der Waals surface area contributed by atoms with E-state index in [1.54, 1.807) is 0 Å². The normalized spacial score (nSPS) is 21.5. The van der Waals surface area contributed by atoms with Crippen molar-refractivity contribution in [1.29, 1.82) is 5.26 Å². The third kappa shape index (κ3) is 6.18. The smallest absolute Gasteiger partial charge is 0.164 e. The zero-order valence-electron chi connectivity index (χ0n) is 28.2. The SMILES string of the molecule is C[C@@H]1C[C@@H]2C[C@H](C)CC(c3ccc(-c4nc(-c5ccccc5)nc(-c5ccc(-c6ccccc6-c6ccc(C#N)cc6)cc5)n4)cc3)(C1)C2. The molecule has 4 atom stereocenters. The van der Waals surface area contributed by atoms with E-state index in [1.807, 2.05) is 42.5 Å². The number of aromatic nitrogens is 3. The van der Waals surface area contributed by atoms with Crippen LogP contribution in [0.5, 0.6) is 0 Å². The summed E-state index contributed by atoms with van der Waals surface area (Å²) in [5, 5.41) is 9.26. The Morgan fingerprint density at radius 2 is 0.939 bits per heavy atom. The number of hydrogen-bond acceptors (Lipinski definition) is 4. The van der Waals surface area contributed by atoms with Gasteiger partial charge in [0.25, 0.3) is 0 Å². The molecule has 0 spiro atoms. The van der Waals surface area contributed by atoms with E-state index in [0.29, 0.717) is 28.5 Å². The molecule has 1 unspecified atom stereocenters. The molecule has 1 aromatic heterocycles. The second-order valence-corrected chi connectivity index (χ2v) is 14.5. The van der Waals surface area contributed by atoms with Crippen LogP contribution in [0.1, 0.15) is 57.1 Å². The molecule has 0 aliphatic heterocycles. The summed E-state index contributed by atoms with van der Waals surface area (Å²) in [6.45, 7) is 4.90. The van der Waals surface area contributed by atoms with E-state index in [4.69, 9.17) is 15.0 Å². The molecule has 8 rings (SSSR count). The Morgan fingerprint density at radius 1 is 0.510 bits per heavy atom. The third-order valence-electron chi connectivity index (χ3n) is 10.8. The monoisotopic (exact) mass is 636 g/mol. The second-order valence-electron chi connectivity index (χ2n) is 14.5. The van der Waals surface area contributed by atoms with Crippen LogP contribution in [0.15, 0.2) is 127 Å². The standard InChI is InChI=1S/C45H40N4/c1-30-24-33-25-31(2)27-45(26-30,28-33)39-22-20-38(21-23-39)44-48-42(36-8-4-3-5-9-36)47-43(49-44)37-18-16-35(17-19-37)41-11-7-6-10-40(41)34-14-12-32(29-46)13-15-34/h3-23,30-31,33H,24-28H2,1-2H3/t30-,31+,33-,45?. The quantitative estimate of drug-likeness (QED) is 0.182. The maximum absolute atomic E-state index is 9.26. The Labute approximate surface area is 289 Å². The highest BCUT2D eigenvalue weighted by Crippen LogP contribution is 2.54. The maximum atomic E-state index is 9.26. The highest BCUT2D eigenvalue weighted by molar-refractivity contribution is 5.84. The summed E-state index contributed by atoms with van der Waals surface area (Å²) in [6, 6.07) is 46.2. The molecule has 0 saturated heterocycles. The van der Waals surface area contributed by atoms with Gasteiger partial charge in [-0.15, -0.1) is 0 Å². The van der Waals surface area contributed by atoms with Crippen LogP contribution in [-0.2, 0) is 5.41 Å². The maximum Gasteiger partial charge on any atom is 0.164 e. The summed E-state index contributed by atoms with van der Waals surface area (Å²) in [7, 11) is 0. The average molecular weight is 637 g/mol. The molecule has 49 heavy (non-hydrogen) atoms. The van der Waals surface area contributed by atoms with Gasteiger partial charge in [0.05, 0.1) is 11.6 Å². The van der Waals surface area contributed by atoms with Gasteiger partial charge in [0, 0.05) is 16.7 Å². The number of nitriles is 1. The first kappa shape index (κ1) is 30.9. The average Bonchev–Trinajstić information content (AvgIpc) is 3.14. The van der Waals surface area contributed by atoms with Gasteiger partial charge >= 0.3 is 0 Å². The number of hydrogen-bond donors (Lipinski definition) is 0. The minimum Gasteiger partial charge on any atom is -0.208 e. The van der Waals surface area contributed by atoms with Crippen LogP contribution < -0.4 is 0 Å². The van der Waals surface area contributed by atoms with Crippen molar-refractivity contribution in [3.63, 3.8) is 0 Å². The van der Waals surface area contributed by atoms with Gasteiger partial charge in [0.2, 0.25) is 0 Å². The van der Waals surface area contributed by atoms with Crippen molar-refractivity contribution in [3.05, 3.63) is 139 Å². The molecule has 240 valence electrons. The van der Waals surface area contributed by atoms with Gasteiger partial charge in [-0.05, 0) is 95.2 Å². The molecule has 0 amide bonds. The molecule has 0 radical (unpaired) electrons. The zero-order chi connectivity index (χ0) is 33.4. The van der Waals surface area contributed by atoms with E-state index in [2.05, 4.69) is 105 Å². The van der Waals surface area contributed by atoms with Crippen LogP contribution in [0.2, 0.25) is 0 Å². The minimum atomic E-state index is 0.290. The van der Waals surface area contributed by atoms with Crippen molar-refractivity contribution in [2.24, 2.45) is 17.8 Å². The Hall–Kier alpha value is -5.40. The van der Waals surface area contributed by atoms with Gasteiger partial charge in [-0.3, -0.25) is 0 Å². The predicted octanol–water partition coefficient (Wildman–Crippen LogP) is 11.2. The molecule has 4 nitrogen and oxygen atoms in total. The first-order valence-corrected chi connectivity index (χ1v) is 17.6. The Kier molecular flexibility index (Phi) is 8.14. The lowest BCUT2D eigenvalue weighted by atomic mass is 9.54. The second kappa shape index (κ2) is 12.9. The number of nitrogens with zero attached hydrogens (tertiary/aromatic N) is 4. The van der Waals surface area contributed by atoms with Gasteiger partial charge in [-0.2, -0.15) is 5.26 Å². The zero-order valence-corrected chi connectivity index (χ0v) is 28.2. The van der Waals surface area contributed by atoms with Gasteiger partial charge in [0.15, 0.2) is 17.5 Å². The Morgan fingerprint density at radius 3 is 1.45 bits per heavy atom. The van der Waals surface area contributed by atoms with E-state index < -0.39 is 0 Å². The van der Waals surface area contributed by atoms with Crippen LogP contribution >= 0.6 is 0 Å². The van der Waals surface area contributed by atoms with Crippen LogP contribution in [0, 0.1) is 29.1 Å². The lowest BCUT2D eigenvalue weighted by Crippen LogP contribution is -2.42. The lowest BCUT2D eigenvalue weighted by molar-refractivity contribution is 0.0780. The number of fused-ring (bicyclic) bond motifs is 2. The fraction of sp³-hybridized carbons (Fsp3) is 0.244. The molecule has 0 N–H and O–H groups in total. The van der Waals surface area contributed by atoms with Crippen LogP contribution in [0.4, 0.5) is 0 Å². The number of rotatable bonds is 6. The molecule has 2 aliphatic rings. The first-order chi connectivity index (χ1) is 24.0. The summed E-state index contributed by atoms with van der Waals surface area (Å²) >= 11 is 0. The Balaban J connectivity index is 1.14. The molecule has 2 saturated carbocycles. The Bertz CT molecular complexity index is 2110. The van der Waals surface area contributed by atoms with Crippen molar-refractivity contribution in [1.82, 2.24) is 15.0 Å². The summed E-state index contributed by atoms with van der Waals surface area (Å²) < 4.78 is 0. The van der Waals surface area contributed by atoms with Crippen molar-refractivity contribution in [2.45, 2.75) is 51.4 Å². The molecular formula is C45H40N4. The van der Waals surface area contributed by atoms with Gasteiger partial charge in [-0.1, -0.05) is 129 Å². The van der Waals surface area contributed by atoms with Gasteiger partial charge in [-0.25, -0.2) is 15.0 Å². The van der Waals surface area contributed by atoms with E-state index in [1.165, 1.54) is 37.7 Å². The summed E-state index contributed by atoms with van der Waals surface area (Å²) in [6.07, 6.45) is 6.66. The fourth-order valence-corrected chi connectivity index (χ4v) is 8.89. The molecule has 6 aromatic rings. The van der Waals surface area contributed by atoms with Gasteiger partial charge < -0.3 is 0 Å². The van der Waals surface area contributed by atoms with Gasteiger partial charge in [0.1, 0.15) is 0 Å². The largest absolute Gasteiger partial charge is 0.208 e. The fourth-order valence-electron chi connectivity index (χ4n) is 8.89. The summed E-state index contributed by atoms with van der Waals surface area (Å²) in [5.41, 5.74) is 9.78. The van der Waals surface area contributed by atoms with E-state index in [0.717, 1.165) is 56.7 Å². The van der Waals surface area contributed by atoms with Crippen LogP contribution in [0.25, 0.3) is 56.4 Å².